The number of rotatable bonds is 1. The van der Waals surface area contributed by atoms with E-state index in [0.29, 0.717) is 11.3 Å². The van der Waals surface area contributed by atoms with Crippen molar-refractivity contribution in [1.29, 1.82) is 0 Å². The summed E-state index contributed by atoms with van der Waals surface area (Å²) in [6, 6.07) is 0. The average Bonchev–Trinajstić information content (AvgIpc) is 2.52. The highest BCUT2D eigenvalue weighted by Crippen LogP contribution is 2.28. The SMILES string of the molecule is Cc1ncoc1-c1cnc(Cl)nc1Cl. The Kier molecular flexibility index (Phi) is 2.39. The van der Waals surface area contributed by atoms with Crippen LogP contribution in [0.25, 0.3) is 11.3 Å². The lowest BCUT2D eigenvalue weighted by molar-refractivity contribution is 0.571. The maximum atomic E-state index is 5.87. The Hall–Kier alpha value is -1.13. The first-order valence-corrected chi connectivity index (χ1v) is 4.52. The summed E-state index contributed by atoms with van der Waals surface area (Å²) in [6.07, 6.45) is 2.85. The van der Waals surface area contributed by atoms with E-state index in [-0.39, 0.29) is 10.4 Å². The number of aromatic nitrogens is 3. The first-order chi connectivity index (χ1) is 6.68. The van der Waals surface area contributed by atoms with Gasteiger partial charge in [-0.1, -0.05) is 11.6 Å². The molecule has 0 amide bonds. The van der Waals surface area contributed by atoms with Crippen LogP contribution < -0.4 is 0 Å². The van der Waals surface area contributed by atoms with Crippen LogP contribution in [0.1, 0.15) is 5.69 Å². The Balaban J connectivity index is 2.58. The highest BCUT2D eigenvalue weighted by atomic mass is 35.5. The molecule has 72 valence electrons. The smallest absolute Gasteiger partial charge is 0.223 e. The summed E-state index contributed by atoms with van der Waals surface area (Å²) in [6.45, 7) is 1.81. The number of oxazole rings is 1. The third-order valence-electron chi connectivity index (χ3n) is 1.70. The molecule has 6 heteroatoms. The fraction of sp³-hybridized carbons (Fsp3) is 0.125. The van der Waals surface area contributed by atoms with Gasteiger partial charge in [-0.2, -0.15) is 0 Å². The molecule has 2 aromatic heterocycles. The standard InChI is InChI=1S/C8H5Cl2N3O/c1-4-6(14-3-12-4)5-2-11-8(10)13-7(5)9/h2-3H,1H3. The monoisotopic (exact) mass is 229 g/mol. The van der Waals surface area contributed by atoms with Gasteiger partial charge in [0.25, 0.3) is 0 Å². The summed E-state index contributed by atoms with van der Waals surface area (Å²) in [5.74, 6) is 0.562. The number of hydrogen-bond acceptors (Lipinski definition) is 4. The molecule has 2 aromatic rings. The summed E-state index contributed by atoms with van der Waals surface area (Å²) in [4.78, 5) is 11.6. The molecule has 0 fully saturated rings. The fourth-order valence-electron chi connectivity index (χ4n) is 1.05. The van der Waals surface area contributed by atoms with Crippen LogP contribution in [0, 0.1) is 6.92 Å². The molecule has 0 aliphatic rings. The van der Waals surface area contributed by atoms with Gasteiger partial charge in [-0.25, -0.2) is 15.0 Å². The molecular formula is C8H5Cl2N3O. The van der Waals surface area contributed by atoms with Crippen LogP contribution in [0.3, 0.4) is 0 Å². The maximum absolute atomic E-state index is 5.87. The van der Waals surface area contributed by atoms with Gasteiger partial charge in [0.2, 0.25) is 5.28 Å². The second kappa shape index (κ2) is 3.55. The minimum atomic E-state index is 0.107. The molecule has 0 unspecified atom stereocenters. The largest absolute Gasteiger partial charge is 0.443 e. The molecule has 4 nitrogen and oxygen atoms in total. The Labute approximate surface area is 89.9 Å². The van der Waals surface area contributed by atoms with E-state index in [2.05, 4.69) is 15.0 Å². The fourth-order valence-corrected chi connectivity index (χ4v) is 1.45. The van der Waals surface area contributed by atoms with Gasteiger partial charge in [-0.3, -0.25) is 0 Å². The molecule has 0 atom stereocenters. The number of nitrogens with zero attached hydrogens (tertiary/aromatic N) is 3. The molecule has 0 bridgehead atoms. The van der Waals surface area contributed by atoms with E-state index in [9.17, 15) is 0 Å². The number of halogens is 2. The van der Waals surface area contributed by atoms with Gasteiger partial charge in [0.15, 0.2) is 12.2 Å². The second-order valence-corrected chi connectivity index (χ2v) is 3.31. The summed E-state index contributed by atoms with van der Waals surface area (Å²) in [5, 5.41) is 0.362. The predicted octanol–water partition coefficient (Wildman–Crippen LogP) is 2.75. The third-order valence-corrected chi connectivity index (χ3v) is 2.17. The second-order valence-electron chi connectivity index (χ2n) is 2.61. The molecule has 0 saturated carbocycles. The van der Waals surface area contributed by atoms with E-state index >= 15 is 0 Å². The lowest BCUT2D eigenvalue weighted by Gasteiger charge is -1.99. The van der Waals surface area contributed by atoms with Crippen molar-refractivity contribution >= 4 is 23.2 Å². The van der Waals surface area contributed by atoms with Crippen LogP contribution >= 0.6 is 23.2 Å². The number of hydrogen-bond donors (Lipinski definition) is 0. The molecule has 0 aliphatic carbocycles. The van der Waals surface area contributed by atoms with Crippen molar-refractivity contribution in [1.82, 2.24) is 15.0 Å². The molecule has 0 aromatic carbocycles. The van der Waals surface area contributed by atoms with E-state index in [1.807, 2.05) is 6.92 Å². The van der Waals surface area contributed by atoms with Crippen LogP contribution in [0.15, 0.2) is 17.0 Å². The van der Waals surface area contributed by atoms with Crippen LogP contribution in [0.5, 0.6) is 0 Å². The number of aryl methyl sites for hydroxylation is 1. The Bertz CT molecular complexity index is 469. The van der Waals surface area contributed by atoms with Crippen molar-refractivity contribution in [2.45, 2.75) is 6.92 Å². The Morgan fingerprint density at radius 1 is 1.29 bits per heavy atom. The molecule has 2 rings (SSSR count). The van der Waals surface area contributed by atoms with Gasteiger partial charge in [0, 0.05) is 6.20 Å². The van der Waals surface area contributed by atoms with E-state index in [4.69, 9.17) is 27.6 Å². The zero-order valence-corrected chi connectivity index (χ0v) is 8.67. The van der Waals surface area contributed by atoms with Crippen LogP contribution in [0.4, 0.5) is 0 Å². The Morgan fingerprint density at radius 3 is 2.64 bits per heavy atom. The highest BCUT2D eigenvalue weighted by molar-refractivity contribution is 6.33. The minimum Gasteiger partial charge on any atom is -0.443 e. The van der Waals surface area contributed by atoms with Crippen molar-refractivity contribution in [2.24, 2.45) is 0 Å². The van der Waals surface area contributed by atoms with Gasteiger partial charge < -0.3 is 4.42 Å². The zero-order chi connectivity index (χ0) is 10.1. The van der Waals surface area contributed by atoms with Crippen LogP contribution in [-0.2, 0) is 0 Å². The van der Waals surface area contributed by atoms with Crippen molar-refractivity contribution < 1.29 is 4.42 Å². The lowest BCUT2D eigenvalue weighted by Crippen LogP contribution is -1.88. The van der Waals surface area contributed by atoms with Gasteiger partial charge in [-0.05, 0) is 18.5 Å². The molecule has 0 aliphatic heterocycles. The van der Waals surface area contributed by atoms with Gasteiger partial charge in [-0.15, -0.1) is 0 Å². The molecule has 14 heavy (non-hydrogen) atoms. The summed E-state index contributed by atoms with van der Waals surface area (Å²) >= 11 is 11.4. The van der Waals surface area contributed by atoms with Gasteiger partial charge in [0.05, 0.1) is 11.3 Å². The van der Waals surface area contributed by atoms with Crippen molar-refractivity contribution in [3.63, 3.8) is 0 Å². The van der Waals surface area contributed by atoms with Crippen LogP contribution in [0.2, 0.25) is 10.4 Å². The van der Waals surface area contributed by atoms with Gasteiger partial charge in [0.1, 0.15) is 5.15 Å². The van der Waals surface area contributed by atoms with Crippen molar-refractivity contribution in [3.8, 4) is 11.3 Å². The molecule has 0 spiro atoms. The van der Waals surface area contributed by atoms with Crippen molar-refractivity contribution in [3.05, 3.63) is 28.7 Å². The summed E-state index contributed by atoms with van der Waals surface area (Å²) in [7, 11) is 0. The zero-order valence-electron chi connectivity index (χ0n) is 7.16. The molecule has 0 saturated heterocycles. The van der Waals surface area contributed by atoms with E-state index in [1.165, 1.54) is 12.6 Å². The van der Waals surface area contributed by atoms with Gasteiger partial charge >= 0.3 is 0 Å². The summed E-state index contributed by atoms with van der Waals surface area (Å²) in [5.41, 5.74) is 1.32. The maximum Gasteiger partial charge on any atom is 0.223 e. The lowest BCUT2D eigenvalue weighted by atomic mass is 10.2. The third kappa shape index (κ3) is 1.58. The first kappa shape index (κ1) is 9.43. The quantitative estimate of drug-likeness (QED) is 0.558. The minimum absolute atomic E-state index is 0.107. The molecule has 0 radical (unpaired) electrons. The molecule has 0 N–H and O–H groups in total. The van der Waals surface area contributed by atoms with E-state index in [1.54, 1.807) is 0 Å². The first-order valence-electron chi connectivity index (χ1n) is 3.77. The summed E-state index contributed by atoms with van der Waals surface area (Å²) < 4.78 is 5.15. The highest BCUT2D eigenvalue weighted by Gasteiger charge is 2.12. The van der Waals surface area contributed by atoms with Crippen molar-refractivity contribution in [2.75, 3.05) is 0 Å². The Morgan fingerprint density at radius 2 is 2.07 bits per heavy atom. The normalized spacial score (nSPS) is 10.5. The topological polar surface area (TPSA) is 51.8 Å². The van der Waals surface area contributed by atoms with E-state index < -0.39 is 0 Å². The molecular weight excluding hydrogens is 225 g/mol. The predicted molar refractivity (Wildman–Crippen MR) is 52.3 cm³/mol. The molecule has 2 heterocycles. The average molecular weight is 230 g/mol. The van der Waals surface area contributed by atoms with E-state index in [0.717, 1.165) is 5.69 Å². The van der Waals surface area contributed by atoms with Crippen LogP contribution in [-0.4, -0.2) is 15.0 Å².